The SMILES string of the molecule is C=C(SC(=NC)C1CCNCC1)c1ccc2c(c1)C(C)(C)CCC2(C)C. The number of rotatable bonds is 3. The zero-order valence-electron chi connectivity index (χ0n) is 17.1. The van der Waals surface area contributed by atoms with E-state index in [9.17, 15) is 0 Å². The van der Waals surface area contributed by atoms with E-state index in [0.717, 1.165) is 18.0 Å². The van der Waals surface area contributed by atoms with Gasteiger partial charge in [-0.3, -0.25) is 4.99 Å². The van der Waals surface area contributed by atoms with E-state index < -0.39 is 0 Å². The molecule has 1 heterocycles. The molecule has 142 valence electrons. The second-order valence-corrected chi connectivity index (χ2v) is 10.3. The van der Waals surface area contributed by atoms with Crippen LogP contribution in [0.3, 0.4) is 0 Å². The van der Waals surface area contributed by atoms with Crippen LogP contribution in [0.25, 0.3) is 4.91 Å². The number of nitrogens with one attached hydrogen (secondary N) is 1. The number of nitrogens with zero attached hydrogens (tertiary/aromatic N) is 1. The van der Waals surface area contributed by atoms with Gasteiger partial charge in [0, 0.05) is 17.9 Å². The van der Waals surface area contributed by atoms with Crippen LogP contribution < -0.4 is 5.32 Å². The van der Waals surface area contributed by atoms with Gasteiger partial charge in [0.15, 0.2) is 0 Å². The van der Waals surface area contributed by atoms with Crippen molar-refractivity contribution in [3.8, 4) is 0 Å². The monoisotopic (exact) mass is 370 g/mol. The Bertz CT molecular complexity index is 709. The van der Waals surface area contributed by atoms with Gasteiger partial charge < -0.3 is 5.32 Å². The lowest BCUT2D eigenvalue weighted by atomic mass is 9.63. The first-order chi connectivity index (χ1) is 12.2. The van der Waals surface area contributed by atoms with Crippen molar-refractivity contribution >= 4 is 21.7 Å². The third-order valence-electron chi connectivity index (χ3n) is 6.31. The summed E-state index contributed by atoms with van der Waals surface area (Å²) in [5.41, 5.74) is 4.78. The number of fused-ring (bicyclic) bond motifs is 1. The van der Waals surface area contributed by atoms with Gasteiger partial charge in [0.2, 0.25) is 0 Å². The lowest BCUT2D eigenvalue weighted by Gasteiger charge is -2.42. The molecule has 0 unspecified atom stereocenters. The Hall–Kier alpha value is -1.06. The molecule has 2 nitrogen and oxygen atoms in total. The maximum Gasteiger partial charge on any atom is 0.0752 e. The summed E-state index contributed by atoms with van der Waals surface area (Å²) in [4.78, 5) is 5.74. The van der Waals surface area contributed by atoms with E-state index in [0.29, 0.717) is 5.92 Å². The van der Waals surface area contributed by atoms with Gasteiger partial charge in [0.1, 0.15) is 0 Å². The van der Waals surface area contributed by atoms with E-state index in [-0.39, 0.29) is 10.8 Å². The Kier molecular flexibility index (Phi) is 5.69. The first-order valence-electron chi connectivity index (χ1n) is 9.94. The molecule has 1 saturated heterocycles. The summed E-state index contributed by atoms with van der Waals surface area (Å²) in [5.74, 6) is 0.580. The summed E-state index contributed by atoms with van der Waals surface area (Å²) in [6.45, 7) is 16.1. The van der Waals surface area contributed by atoms with E-state index in [4.69, 9.17) is 0 Å². The lowest BCUT2D eigenvalue weighted by molar-refractivity contribution is 0.332. The van der Waals surface area contributed by atoms with Gasteiger partial charge in [-0.2, -0.15) is 0 Å². The second kappa shape index (κ2) is 7.52. The molecule has 1 aromatic rings. The van der Waals surface area contributed by atoms with Crippen molar-refractivity contribution in [1.82, 2.24) is 5.32 Å². The van der Waals surface area contributed by atoms with Crippen LogP contribution >= 0.6 is 11.8 Å². The number of piperidine rings is 1. The zero-order chi connectivity index (χ0) is 18.9. The summed E-state index contributed by atoms with van der Waals surface area (Å²) >= 11 is 1.78. The molecule has 0 bridgehead atoms. The van der Waals surface area contributed by atoms with Crippen LogP contribution in [-0.4, -0.2) is 25.2 Å². The van der Waals surface area contributed by atoms with Crippen LogP contribution in [0.1, 0.15) is 70.1 Å². The minimum absolute atomic E-state index is 0.239. The van der Waals surface area contributed by atoms with Crippen molar-refractivity contribution in [3.05, 3.63) is 41.5 Å². The molecule has 3 heteroatoms. The van der Waals surface area contributed by atoms with Crippen LogP contribution in [0.15, 0.2) is 29.8 Å². The van der Waals surface area contributed by atoms with E-state index >= 15 is 0 Å². The maximum atomic E-state index is 4.61. The Morgan fingerprint density at radius 1 is 1.08 bits per heavy atom. The lowest BCUT2D eigenvalue weighted by Crippen LogP contribution is -2.33. The minimum atomic E-state index is 0.239. The van der Waals surface area contributed by atoms with Crippen molar-refractivity contribution in [3.63, 3.8) is 0 Å². The Labute approximate surface area is 164 Å². The van der Waals surface area contributed by atoms with E-state index in [1.54, 1.807) is 11.8 Å². The summed E-state index contributed by atoms with van der Waals surface area (Å²) in [7, 11) is 1.93. The Morgan fingerprint density at radius 3 is 2.31 bits per heavy atom. The number of thioether (sulfide) groups is 1. The molecule has 1 N–H and O–H groups in total. The zero-order valence-corrected chi connectivity index (χ0v) is 17.9. The van der Waals surface area contributed by atoms with E-state index in [2.05, 4.69) is 62.8 Å². The molecule has 1 aliphatic carbocycles. The van der Waals surface area contributed by atoms with Gasteiger partial charge in [-0.15, -0.1) is 0 Å². The predicted molar refractivity (Wildman–Crippen MR) is 117 cm³/mol. The first kappa shape index (κ1) is 19.7. The topological polar surface area (TPSA) is 24.4 Å². The minimum Gasteiger partial charge on any atom is -0.317 e. The molecular formula is C23H34N2S. The van der Waals surface area contributed by atoms with Gasteiger partial charge >= 0.3 is 0 Å². The second-order valence-electron chi connectivity index (χ2n) is 9.14. The summed E-state index contributed by atoms with van der Waals surface area (Å²) in [6, 6.07) is 7.03. The number of aliphatic imine (C=N–C) groups is 1. The number of hydrogen-bond donors (Lipinski definition) is 1. The molecular weight excluding hydrogens is 336 g/mol. The maximum absolute atomic E-state index is 4.61. The van der Waals surface area contributed by atoms with E-state index in [1.807, 2.05) is 7.05 Å². The molecule has 3 rings (SSSR count). The highest BCUT2D eigenvalue weighted by molar-refractivity contribution is 8.21. The summed E-state index contributed by atoms with van der Waals surface area (Å²) in [5, 5.41) is 4.69. The fourth-order valence-corrected chi connectivity index (χ4v) is 5.32. The summed E-state index contributed by atoms with van der Waals surface area (Å²) in [6.07, 6.45) is 4.86. The van der Waals surface area contributed by atoms with E-state index in [1.165, 1.54) is 47.4 Å². The van der Waals surface area contributed by atoms with Crippen LogP contribution in [-0.2, 0) is 10.8 Å². The molecule has 0 aromatic heterocycles. The fraction of sp³-hybridized carbons (Fsp3) is 0.609. The molecule has 1 fully saturated rings. The van der Waals surface area contributed by atoms with Crippen LogP contribution in [0.5, 0.6) is 0 Å². The first-order valence-corrected chi connectivity index (χ1v) is 10.8. The number of hydrogen-bond acceptors (Lipinski definition) is 3. The van der Waals surface area contributed by atoms with Gasteiger partial charge in [-0.25, -0.2) is 0 Å². The highest BCUT2D eigenvalue weighted by Gasteiger charge is 2.37. The molecule has 0 saturated carbocycles. The Morgan fingerprint density at radius 2 is 1.69 bits per heavy atom. The molecule has 2 aliphatic rings. The molecule has 0 amide bonds. The molecule has 0 radical (unpaired) electrons. The molecule has 1 aromatic carbocycles. The van der Waals surface area contributed by atoms with Crippen molar-refractivity contribution in [2.75, 3.05) is 20.1 Å². The smallest absolute Gasteiger partial charge is 0.0752 e. The summed E-state index contributed by atoms with van der Waals surface area (Å²) < 4.78 is 0. The molecule has 0 atom stereocenters. The van der Waals surface area contributed by atoms with Gasteiger partial charge in [0.25, 0.3) is 0 Å². The molecule has 1 aliphatic heterocycles. The van der Waals surface area contributed by atoms with Gasteiger partial charge in [-0.1, -0.05) is 58.2 Å². The third-order valence-corrected chi connectivity index (χ3v) is 7.52. The largest absolute Gasteiger partial charge is 0.317 e. The van der Waals surface area contributed by atoms with Crippen molar-refractivity contribution in [1.29, 1.82) is 0 Å². The molecule has 0 spiro atoms. The normalized spacial score (nSPS) is 22.7. The van der Waals surface area contributed by atoms with Gasteiger partial charge in [-0.05, 0) is 72.4 Å². The van der Waals surface area contributed by atoms with Crippen molar-refractivity contribution in [2.24, 2.45) is 10.9 Å². The highest BCUT2D eigenvalue weighted by Crippen LogP contribution is 2.47. The van der Waals surface area contributed by atoms with Crippen LogP contribution in [0.4, 0.5) is 0 Å². The van der Waals surface area contributed by atoms with Crippen molar-refractivity contribution in [2.45, 2.75) is 64.2 Å². The predicted octanol–water partition coefficient (Wildman–Crippen LogP) is 5.77. The quantitative estimate of drug-likeness (QED) is 0.540. The average molecular weight is 371 g/mol. The standard InChI is InChI=1S/C23H34N2S/c1-16(26-21(24-6)17-9-13-25-14-10-17)18-7-8-19-20(15-18)23(4,5)12-11-22(19,2)3/h7-8,15,17,25H,1,9-14H2,2-6H3. The van der Waals surface area contributed by atoms with Gasteiger partial charge in [0.05, 0.1) is 5.04 Å². The average Bonchev–Trinajstić information content (AvgIpc) is 2.64. The van der Waals surface area contributed by atoms with Crippen molar-refractivity contribution < 1.29 is 0 Å². The molecule has 26 heavy (non-hydrogen) atoms. The van der Waals surface area contributed by atoms with Crippen LogP contribution in [0, 0.1) is 5.92 Å². The number of benzene rings is 1. The third kappa shape index (κ3) is 3.94. The fourth-order valence-electron chi connectivity index (χ4n) is 4.33. The highest BCUT2D eigenvalue weighted by atomic mass is 32.2. The Balaban J connectivity index is 1.84. The van der Waals surface area contributed by atoms with Crippen LogP contribution in [0.2, 0.25) is 0 Å².